The number of nitrogen functional groups attached to an aromatic ring is 1. The lowest BCUT2D eigenvalue weighted by Gasteiger charge is -2.11. The van der Waals surface area contributed by atoms with Crippen LogP contribution in [0.25, 0.3) is 11.3 Å². The first-order chi connectivity index (χ1) is 9.86. The molecule has 1 aromatic carbocycles. The fraction of sp³-hybridized carbons (Fsp3) is 0.143. The SMILES string of the molecule is COC(=O)c1nc(-c2ccc(C)c(F)c2)c(Cl)c(N)c1Cl. The van der Waals surface area contributed by atoms with Crippen LogP contribution in [0.3, 0.4) is 0 Å². The van der Waals surface area contributed by atoms with Gasteiger partial charge in [0.2, 0.25) is 0 Å². The van der Waals surface area contributed by atoms with Crippen molar-refractivity contribution in [2.75, 3.05) is 12.8 Å². The van der Waals surface area contributed by atoms with Crippen molar-refractivity contribution in [3.63, 3.8) is 0 Å². The minimum Gasteiger partial charge on any atom is -0.464 e. The molecule has 0 aliphatic carbocycles. The average molecular weight is 329 g/mol. The van der Waals surface area contributed by atoms with Gasteiger partial charge in [0, 0.05) is 5.56 Å². The van der Waals surface area contributed by atoms with Crippen LogP contribution in [0, 0.1) is 12.7 Å². The highest BCUT2D eigenvalue weighted by molar-refractivity contribution is 6.41. The summed E-state index contributed by atoms with van der Waals surface area (Å²) in [5.74, 6) is -1.17. The highest BCUT2D eigenvalue weighted by Gasteiger charge is 2.22. The van der Waals surface area contributed by atoms with E-state index in [0.29, 0.717) is 11.1 Å². The molecule has 2 aromatic rings. The molecule has 0 saturated carbocycles. The maximum atomic E-state index is 13.7. The summed E-state index contributed by atoms with van der Waals surface area (Å²) in [7, 11) is 1.19. The molecule has 7 heteroatoms. The molecule has 2 rings (SSSR count). The molecule has 0 fully saturated rings. The summed E-state index contributed by atoms with van der Waals surface area (Å²) in [6.07, 6.45) is 0. The van der Waals surface area contributed by atoms with Crippen molar-refractivity contribution < 1.29 is 13.9 Å². The summed E-state index contributed by atoms with van der Waals surface area (Å²) in [5.41, 5.74) is 6.62. The van der Waals surface area contributed by atoms with Crippen molar-refractivity contribution in [1.29, 1.82) is 0 Å². The maximum Gasteiger partial charge on any atom is 0.358 e. The largest absolute Gasteiger partial charge is 0.464 e. The van der Waals surface area contributed by atoms with Crippen molar-refractivity contribution >= 4 is 34.9 Å². The zero-order valence-corrected chi connectivity index (χ0v) is 12.7. The lowest BCUT2D eigenvalue weighted by Crippen LogP contribution is -2.09. The maximum absolute atomic E-state index is 13.7. The third-order valence-corrected chi connectivity index (χ3v) is 3.70. The van der Waals surface area contributed by atoms with Gasteiger partial charge in [-0.3, -0.25) is 0 Å². The Kier molecular flexibility index (Phi) is 4.34. The van der Waals surface area contributed by atoms with Gasteiger partial charge in [-0.15, -0.1) is 0 Å². The molecular weight excluding hydrogens is 318 g/mol. The lowest BCUT2D eigenvalue weighted by atomic mass is 10.1. The number of carbonyl (C=O) groups is 1. The molecule has 0 bridgehead atoms. The second-order valence-corrected chi connectivity index (χ2v) is 5.06. The zero-order chi connectivity index (χ0) is 15.7. The summed E-state index contributed by atoms with van der Waals surface area (Å²) in [6, 6.07) is 4.46. The fourth-order valence-electron chi connectivity index (χ4n) is 1.72. The van der Waals surface area contributed by atoms with Gasteiger partial charge in [0.05, 0.1) is 28.5 Å². The van der Waals surface area contributed by atoms with Gasteiger partial charge in [-0.2, -0.15) is 0 Å². The van der Waals surface area contributed by atoms with Crippen LogP contribution in [-0.4, -0.2) is 18.1 Å². The van der Waals surface area contributed by atoms with Crippen molar-refractivity contribution in [2.45, 2.75) is 6.92 Å². The summed E-state index contributed by atoms with van der Waals surface area (Å²) in [4.78, 5) is 15.7. The first kappa shape index (κ1) is 15.5. The molecule has 0 saturated heterocycles. The molecular formula is C14H11Cl2FN2O2. The second-order valence-electron chi connectivity index (χ2n) is 4.31. The molecule has 0 atom stereocenters. The van der Waals surface area contributed by atoms with Crippen LogP contribution in [0.2, 0.25) is 10.0 Å². The van der Waals surface area contributed by atoms with E-state index < -0.39 is 11.8 Å². The highest BCUT2D eigenvalue weighted by atomic mass is 35.5. The Balaban J connectivity index is 2.71. The molecule has 0 radical (unpaired) electrons. The summed E-state index contributed by atoms with van der Waals surface area (Å²) in [5, 5.41) is -0.0425. The van der Waals surface area contributed by atoms with Crippen molar-refractivity contribution in [3.05, 3.63) is 45.3 Å². The number of nitrogens with zero attached hydrogens (tertiary/aromatic N) is 1. The van der Waals surface area contributed by atoms with Gasteiger partial charge < -0.3 is 10.5 Å². The number of ether oxygens (including phenoxy) is 1. The number of hydrogen-bond donors (Lipinski definition) is 1. The van der Waals surface area contributed by atoms with Crippen LogP contribution >= 0.6 is 23.2 Å². The van der Waals surface area contributed by atoms with Crippen LogP contribution in [0.1, 0.15) is 16.1 Å². The number of halogens is 3. The van der Waals surface area contributed by atoms with Crippen molar-refractivity contribution in [2.24, 2.45) is 0 Å². The molecule has 0 amide bonds. The fourth-order valence-corrected chi connectivity index (χ4v) is 2.23. The Hall–Kier alpha value is -1.85. The number of hydrogen-bond acceptors (Lipinski definition) is 4. The Morgan fingerprint density at radius 1 is 1.33 bits per heavy atom. The Bertz CT molecular complexity index is 735. The first-order valence-electron chi connectivity index (χ1n) is 5.86. The molecule has 0 aliphatic heterocycles. The number of carbonyl (C=O) groups excluding carboxylic acids is 1. The minimum absolute atomic E-state index is 0.00952. The Morgan fingerprint density at radius 3 is 2.57 bits per heavy atom. The number of pyridine rings is 1. The highest BCUT2D eigenvalue weighted by Crippen LogP contribution is 2.37. The zero-order valence-electron chi connectivity index (χ0n) is 11.2. The van der Waals surface area contributed by atoms with E-state index >= 15 is 0 Å². The number of nitrogens with two attached hydrogens (primary N) is 1. The number of methoxy groups -OCH3 is 1. The standard InChI is InChI=1S/C14H11Cl2FN2O2/c1-6-3-4-7(5-8(6)17)12-9(15)11(18)10(16)13(19-12)14(20)21-2/h3-5H,1-2H3,(H2,18,19). The Morgan fingerprint density at radius 2 is 2.00 bits per heavy atom. The third kappa shape index (κ3) is 2.80. The minimum atomic E-state index is -0.753. The monoisotopic (exact) mass is 328 g/mol. The second kappa shape index (κ2) is 5.87. The predicted octanol–water partition coefficient (Wildman–Crippen LogP) is 3.87. The van der Waals surface area contributed by atoms with Crippen LogP contribution in [0.15, 0.2) is 18.2 Å². The van der Waals surface area contributed by atoms with Crippen LogP contribution < -0.4 is 5.73 Å². The number of esters is 1. The molecule has 110 valence electrons. The molecule has 1 heterocycles. The van der Waals surface area contributed by atoms with E-state index in [1.165, 1.54) is 13.2 Å². The van der Waals surface area contributed by atoms with E-state index in [9.17, 15) is 9.18 Å². The van der Waals surface area contributed by atoms with Gasteiger partial charge in [-0.25, -0.2) is 14.2 Å². The van der Waals surface area contributed by atoms with E-state index in [-0.39, 0.29) is 27.1 Å². The van der Waals surface area contributed by atoms with Crippen LogP contribution in [0.5, 0.6) is 0 Å². The van der Waals surface area contributed by atoms with Gasteiger partial charge >= 0.3 is 5.97 Å². The smallest absolute Gasteiger partial charge is 0.358 e. The predicted molar refractivity (Wildman–Crippen MR) is 80.1 cm³/mol. The number of anilines is 1. The molecule has 0 aliphatic rings. The van der Waals surface area contributed by atoms with E-state index in [4.69, 9.17) is 28.9 Å². The van der Waals surface area contributed by atoms with Gasteiger partial charge in [-0.1, -0.05) is 35.3 Å². The number of benzene rings is 1. The van der Waals surface area contributed by atoms with Gasteiger partial charge in [0.15, 0.2) is 5.69 Å². The topological polar surface area (TPSA) is 65.2 Å². The van der Waals surface area contributed by atoms with E-state index in [1.807, 2.05) is 0 Å². The van der Waals surface area contributed by atoms with Gasteiger partial charge in [0.25, 0.3) is 0 Å². The van der Waals surface area contributed by atoms with Gasteiger partial charge in [-0.05, 0) is 18.6 Å². The van der Waals surface area contributed by atoms with E-state index in [1.54, 1.807) is 19.1 Å². The van der Waals surface area contributed by atoms with Crippen molar-refractivity contribution in [1.82, 2.24) is 4.98 Å². The molecule has 4 nitrogen and oxygen atoms in total. The Labute approximate surface area is 130 Å². The van der Waals surface area contributed by atoms with Crippen LogP contribution in [0.4, 0.5) is 10.1 Å². The van der Waals surface area contributed by atoms with Crippen LogP contribution in [-0.2, 0) is 4.74 Å². The first-order valence-corrected chi connectivity index (χ1v) is 6.61. The van der Waals surface area contributed by atoms with Crippen molar-refractivity contribution in [3.8, 4) is 11.3 Å². The average Bonchev–Trinajstić information content (AvgIpc) is 2.47. The molecule has 0 spiro atoms. The molecule has 2 N–H and O–H groups in total. The normalized spacial score (nSPS) is 10.5. The summed E-state index contributed by atoms with van der Waals surface area (Å²) in [6.45, 7) is 1.63. The molecule has 0 unspecified atom stereocenters. The third-order valence-electron chi connectivity index (χ3n) is 2.94. The quantitative estimate of drug-likeness (QED) is 0.850. The van der Waals surface area contributed by atoms with Gasteiger partial charge in [0.1, 0.15) is 5.82 Å². The molecule has 21 heavy (non-hydrogen) atoms. The molecule has 1 aromatic heterocycles. The van der Waals surface area contributed by atoms with E-state index in [2.05, 4.69) is 9.72 Å². The number of aryl methyl sites for hydroxylation is 1. The summed E-state index contributed by atoms with van der Waals surface area (Å²) < 4.78 is 18.3. The number of rotatable bonds is 2. The summed E-state index contributed by atoms with van der Waals surface area (Å²) >= 11 is 12.0. The van der Waals surface area contributed by atoms with E-state index in [0.717, 1.165) is 0 Å². The number of aromatic nitrogens is 1. The lowest BCUT2D eigenvalue weighted by molar-refractivity contribution is 0.0594.